The van der Waals surface area contributed by atoms with Crippen LogP contribution >= 0.6 is 0 Å². The van der Waals surface area contributed by atoms with Crippen molar-refractivity contribution in [2.45, 2.75) is 35.5 Å². The number of hydrogen-bond donors (Lipinski definition) is 3. The Morgan fingerprint density at radius 1 is 0.630 bits per heavy atom. The van der Waals surface area contributed by atoms with E-state index < -0.39 is 40.1 Å². The fourth-order valence-electron chi connectivity index (χ4n) is 2.25. The number of benzene rings is 2. The Hall–Kier alpha value is -1.83. The van der Waals surface area contributed by atoms with E-state index >= 15 is 0 Å². The van der Waals surface area contributed by atoms with Gasteiger partial charge in [0, 0.05) is 0 Å². The van der Waals surface area contributed by atoms with Crippen LogP contribution in [0.3, 0.4) is 0 Å². The predicted octanol–water partition coefficient (Wildman–Crippen LogP) is 2.04. The third-order valence-electron chi connectivity index (χ3n) is 3.32. The van der Waals surface area contributed by atoms with Crippen LogP contribution in [-0.4, -0.2) is 38.9 Å². The van der Waals surface area contributed by atoms with Crippen molar-refractivity contribution in [2.24, 2.45) is 0 Å². The summed E-state index contributed by atoms with van der Waals surface area (Å²) in [6.07, 6.45) is 0. The Morgan fingerprint density at radius 2 is 1.15 bits per heavy atom. The standard InChI is InChI=1S/C8H10O3S.C7H8O6S2/c1-6-3-4-8(7(2)5-6)12(9,10)11;1-5-3-2-4-6(14(8,9)10)7(5)15(11,12)13/h3-5H,1-2H3,(H,9,10,11);2-4H,1H3,(H,8,9,10)(H,11,12,13). The van der Waals surface area contributed by atoms with E-state index in [1.54, 1.807) is 19.1 Å². The van der Waals surface area contributed by atoms with Crippen LogP contribution in [0.4, 0.5) is 0 Å². The fraction of sp³-hybridized carbons (Fsp3) is 0.200. The van der Waals surface area contributed by atoms with E-state index in [1.165, 1.54) is 25.1 Å². The zero-order valence-electron chi connectivity index (χ0n) is 14.5. The molecular weight excluding hydrogens is 420 g/mol. The molecule has 9 nitrogen and oxygen atoms in total. The highest BCUT2D eigenvalue weighted by molar-refractivity contribution is 7.89. The lowest BCUT2D eigenvalue weighted by molar-refractivity contribution is 0.465. The molecule has 0 bridgehead atoms. The average molecular weight is 439 g/mol. The summed E-state index contributed by atoms with van der Waals surface area (Å²) in [5, 5.41) is 0. The van der Waals surface area contributed by atoms with Crippen LogP contribution < -0.4 is 0 Å². The van der Waals surface area contributed by atoms with Gasteiger partial charge in [-0.1, -0.05) is 29.8 Å². The van der Waals surface area contributed by atoms with E-state index in [2.05, 4.69) is 0 Å². The molecule has 0 atom stereocenters. The van der Waals surface area contributed by atoms with Gasteiger partial charge < -0.3 is 0 Å². The zero-order valence-corrected chi connectivity index (χ0v) is 16.9. The Balaban J connectivity index is 0.000000277. The molecule has 0 amide bonds. The molecule has 2 aromatic carbocycles. The zero-order chi connectivity index (χ0) is 21.2. The van der Waals surface area contributed by atoms with Crippen LogP contribution in [0.2, 0.25) is 0 Å². The molecule has 27 heavy (non-hydrogen) atoms. The molecule has 150 valence electrons. The van der Waals surface area contributed by atoms with E-state index in [0.717, 1.165) is 11.6 Å². The Labute approximate surface area is 157 Å². The quantitative estimate of drug-likeness (QED) is 0.608. The number of aryl methyl sites for hydroxylation is 3. The summed E-state index contributed by atoms with van der Waals surface area (Å²) in [5.74, 6) is 0. The van der Waals surface area contributed by atoms with Crippen molar-refractivity contribution < 1.29 is 38.9 Å². The molecule has 0 aliphatic rings. The van der Waals surface area contributed by atoms with Crippen LogP contribution in [-0.2, 0) is 30.4 Å². The largest absolute Gasteiger partial charge is 0.296 e. The Morgan fingerprint density at radius 3 is 1.52 bits per heavy atom. The monoisotopic (exact) mass is 438 g/mol. The first-order valence-electron chi connectivity index (χ1n) is 7.14. The summed E-state index contributed by atoms with van der Waals surface area (Å²) in [6, 6.07) is 8.22. The van der Waals surface area contributed by atoms with Gasteiger partial charge in [0.25, 0.3) is 30.4 Å². The summed E-state index contributed by atoms with van der Waals surface area (Å²) in [7, 11) is -13.4. The van der Waals surface area contributed by atoms with Gasteiger partial charge in [-0.2, -0.15) is 25.3 Å². The first-order chi connectivity index (χ1) is 12.0. The topological polar surface area (TPSA) is 163 Å². The summed E-state index contributed by atoms with van der Waals surface area (Å²) >= 11 is 0. The van der Waals surface area contributed by atoms with Crippen molar-refractivity contribution in [3.05, 3.63) is 53.1 Å². The molecule has 0 saturated heterocycles. The maximum absolute atomic E-state index is 10.9. The van der Waals surface area contributed by atoms with Gasteiger partial charge in [0.1, 0.15) is 9.79 Å². The van der Waals surface area contributed by atoms with Crippen LogP contribution in [0.1, 0.15) is 16.7 Å². The van der Waals surface area contributed by atoms with Gasteiger partial charge in [-0.3, -0.25) is 13.7 Å². The minimum Gasteiger partial charge on any atom is -0.282 e. The molecule has 0 heterocycles. The maximum atomic E-state index is 10.9. The molecule has 0 aromatic heterocycles. The van der Waals surface area contributed by atoms with Gasteiger partial charge in [-0.25, -0.2) is 0 Å². The molecule has 0 spiro atoms. The van der Waals surface area contributed by atoms with Gasteiger partial charge in [-0.05, 0) is 44.0 Å². The van der Waals surface area contributed by atoms with Crippen molar-refractivity contribution in [3.63, 3.8) is 0 Å². The number of hydrogen-bond acceptors (Lipinski definition) is 6. The maximum Gasteiger partial charge on any atom is 0.296 e. The lowest BCUT2D eigenvalue weighted by Gasteiger charge is -2.06. The summed E-state index contributed by atoms with van der Waals surface area (Å²) in [4.78, 5) is -1.65. The summed E-state index contributed by atoms with van der Waals surface area (Å²) in [5.41, 5.74) is 1.57. The third kappa shape index (κ3) is 6.37. The summed E-state index contributed by atoms with van der Waals surface area (Å²) in [6.45, 7) is 4.81. The van der Waals surface area contributed by atoms with Crippen molar-refractivity contribution in [1.82, 2.24) is 0 Å². The Kier molecular flexibility index (Phi) is 6.91. The average Bonchev–Trinajstić information content (AvgIpc) is 2.43. The molecular formula is C15H18O9S3. The minimum absolute atomic E-state index is 0.0203. The number of rotatable bonds is 3. The smallest absolute Gasteiger partial charge is 0.282 e. The molecule has 0 fully saturated rings. The van der Waals surface area contributed by atoms with E-state index in [-0.39, 0.29) is 10.5 Å². The lowest BCUT2D eigenvalue weighted by atomic mass is 10.2. The van der Waals surface area contributed by atoms with E-state index in [9.17, 15) is 25.3 Å². The van der Waals surface area contributed by atoms with Crippen LogP contribution in [0, 0.1) is 20.8 Å². The molecule has 12 heteroatoms. The molecule has 0 radical (unpaired) electrons. The van der Waals surface area contributed by atoms with E-state index in [4.69, 9.17) is 13.7 Å². The fourth-order valence-corrected chi connectivity index (χ4v) is 5.03. The van der Waals surface area contributed by atoms with Crippen molar-refractivity contribution >= 4 is 30.4 Å². The van der Waals surface area contributed by atoms with Gasteiger partial charge in [0.2, 0.25) is 0 Å². The van der Waals surface area contributed by atoms with E-state index in [0.29, 0.717) is 5.56 Å². The van der Waals surface area contributed by atoms with Gasteiger partial charge >= 0.3 is 0 Å². The second-order valence-electron chi connectivity index (χ2n) is 5.60. The molecule has 0 aliphatic heterocycles. The third-order valence-corrected chi connectivity index (χ3v) is 6.42. The SMILES string of the molecule is Cc1ccc(S(=O)(=O)O)c(C)c1.Cc1cccc(S(=O)(=O)O)c1S(=O)(=O)O. The normalized spacial score (nSPS) is 12.2. The Bertz CT molecular complexity index is 1160. The van der Waals surface area contributed by atoms with Crippen LogP contribution in [0.15, 0.2) is 51.1 Å². The van der Waals surface area contributed by atoms with Crippen molar-refractivity contribution in [3.8, 4) is 0 Å². The van der Waals surface area contributed by atoms with Crippen molar-refractivity contribution in [2.75, 3.05) is 0 Å². The van der Waals surface area contributed by atoms with Crippen LogP contribution in [0.5, 0.6) is 0 Å². The highest BCUT2D eigenvalue weighted by atomic mass is 32.2. The second kappa shape index (κ2) is 8.04. The minimum atomic E-state index is -4.69. The van der Waals surface area contributed by atoms with Crippen molar-refractivity contribution in [1.29, 1.82) is 0 Å². The molecule has 0 unspecified atom stereocenters. The van der Waals surface area contributed by atoms with Gasteiger partial charge in [0.05, 0.1) is 4.90 Å². The van der Waals surface area contributed by atoms with E-state index in [1.807, 2.05) is 6.92 Å². The molecule has 0 saturated carbocycles. The first kappa shape index (κ1) is 23.2. The highest BCUT2D eigenvalue weighted by Gasteiger charge is 2.25. The highest BCUT2D eigenvalue weighted by Crippen LogP contribution is 2.23. The molecule has 2 rings (SSSR count). The predicted molar refractivity (Wildman–Crippen MR) is 96.5 cm³/mol. The van der Waals surface area contributed by atoms with Gasteiger partial charge in [0.15, 0.2) is 0 Å². The summed E-state index contributed by atoms with van der Waals surface area (Å²) < 4.78 is 91.2. The first-order valence-corrected chi connectivity index (χ1v) is 11.5. The van der Waals surface area contributed by atoms with Crippen LogP contribution in [0.25, 0.3) is 0 Å². The lowest BCUT2D eigenvalue weighted by Crippen LogP contribution is -2.09. The second-order valence-corrected chi connectivity index (χ2v) is 9.73. The molecule has 3 N–H and O–H groups in total. The molecule has 0 aliphatic carbocycles. The van der Waals surface area contributed by atoms with Gasteiger partial charge in [-0.15, -0.1) is 0 Å². The molecule has 2 aromatic rings.